The maximum absolute atomic E-state index is 11.8. The van der Waals surface area contributed by atoms with Crippen molar-refractivity contribution in [1.29, 1.82) is 0 Å². The van der Waals surface area contributed by atoms with E-state index in [0.29, 0.717) is 5.92 Å². The summed E-state index contributed by atoms with van der Waals surface area (Å²) in [5.74, 6) is 0.561. The van der Waals surface area contributed by atoms with Crippen molar-refractivity contribution in [3.05, 3.63) is 0 Å². The molecule has 0 bridgehead atoms. The minimum Gasteiger partial charge on any atom is -0.462 e. The third-order valence-corrected chi connectivity index (χ3v) is 3.79. The molecule has 0 amide bonds. The van der Waals surface area contributed by atoms with Gasteiger partial charge < -0.3 is 4.74 Å². The number of hydrogen-bond donors (Lipinski definition) is 0. The molecular weight excluding hydrogens is 188 g/mol. The van der Waals surface area contributed by atoms with Crippen LogP contribution >= 0.6 is 0 Å². The lowest BCUT2D eigenvalue weighted by atomic mass is 9.90. The second kappa shape index (κ2) is 5.00. The summed E-state index contributed by atoms with van der Waals surface area (Å²) in [6, 6.07) is 0. The lowest BCUT2D eigenvalue weighted by Crippen LogP contribution is -2.31. The van der Waals surface area contributed by atoms with Gasteiger partial charge in [0, 0.05) is 0 Å². The lowest BCUT2D eigenvalue weighted by molar-refractivity contribution is -0.161. The number of ether oxygens (including phenoxy) is 1. The van der Waals surface area contributed by atoms with E-state index in [-0.39, 0.29) is 17.5 Å². The zero-order valence-electron chi connectivity index (χ0n) is 10.5. The largest absolute Gasteiger partial charge is 0.462 e. The van der Waals surface area contributed by atoms with Crippen LogP contribution in [0, 0.1) is 11.3 Å². The van der Waals surface area contributed by atoms with Crippen LogP contribution in [0.5, 0.6) is 0 Å². The Hall–Kier alpha value is -0.530. The maximum Gasteiger partial charge on any atom is 0.311 e. The molecule has 0 aromatic rings. The third-order valence-electron chi connectivity index (χ3n) is 3.79. The molecule has 1 saturated carbocycles. The van der Waals surface area contributed by atoms with Crippen molar-refractivity contribution in [3.8, 4) is 0 Å². The Labute approximate surface area is 93.4 Å². The first kappa shape index (κ1) is 12.5. The lowest BCUT2D eigenvalue weighted by Gasteiger charge is -2.26. The van der Waals surface area contributed by atoms with Crippen molar-refractivity contribution < 1.29 is 9.53 Å². The number of rotatable bonds is 4. The zero-order valence-corrected chi connectivity index (χ0v) is 10.5. The molecule has 1 aliphatic rings. The average Bonchev–Trinajstić information content (AvgIpc) is 2.70. The van der Waals surface area contributed by atoms with Crippen LogP contribution in [-0.2, 0) is 9.53 Å². The summed E-state index contributed by atoms with van der Waals surface area (Å²) in [5, 5.41) is 0. The number of carbonyl (C=O) groups excluding carboxylic acids is 1. The smallest absolute Gasteiger partial charge is 0.311 e. The van der Waals surface area contributed by atoms with Gasteiger partial charge in [-0.1, -0.05) is 19.8 Å². The Morgan fingerprint density at radius 1 is 1.40 bits per heavy atom. The summed E-state index contributed by atoms with van der Waals surface area (Å²) < 4.78 is 5.55. The van der Waals surface area contributed by atoms with Gasteiger partial charge >= 0.3 is 5.97 Å². The second-order valence-electron chi connectivity index (χ2n) is 5.39. The van der Waals surface area contributed by atoms with Gasteiger partial charge in [0.05, 0.1) is 5.41 Å². The summed E-state index contributed by atoms with van der Waals surface area (Å²) in [6.07, 6.45) is 5.98. The molecule has 2 heteroatoms. The first-order chi connectivity index (χ1) is 6.97. The van der Waals surface area contributed by atoms with Crippen LogP contribution in [-0.4, -0.2) is 12.1 Å². The van der Waals surface area contributed by atoms with Gasteiger partial charge in [0.15, 0.2) is 0 Å². The van der Waals surface area contributed by atoms with Crippen molar-refractivity contribution in [1.82, 2.24) is 0 Å². The molecule has 0 saturated heterocycles. The van der Waals surface area contributed by atoms with E-state index in [0.717, 1.165) is 6.42 Å². The highest BCUT2D eigenvalue weighted by Gasteiger charge is 2.31. The molecule has 1 aliphatic carbocycles. The second-order valence-corrected chi connectivity index (χ2v) is 5.39. The Balaban J connectivity index is 2.43. The molecule has 0 N–H and O–H groups in total. The summed E-state index contributed by atoms with van der Waals surface area (Å²) >= 11 is 0. The average molecular weight is 212 g/mol. The fraction of sp³-hybridized carbons (Fsp3) is 0.923. The third kappa shape index (κ3) is 3.22. The van der Waals surface area contributed by atoms with Gasteiger partial charge in [0.2, 0.25) is 0 Å². The van der Waals surface area contributed by atoms with Gasteiger partial charge in [-0.2, -0.15) is 0 Å². The molecule has 0 spiro atoms. The summed E-state index contributed by atoms with van der Waals surface area (Å²) in [4.78, 5) is 11.8. The van der Waals surface area contributed by atoms with Gasteiger partial charge in [-0.15, -0.1) is 0 Å². The van der Waals surface area contributed by atoms with E-state index in [1.54, 1.807) is 0 Å². The molecule has 15 heavy (non-hydrogen) atoms. The first-order valence-electron chi connectivity index (χ1n) is 6.18. The molecule has 88 valence electrons. The molecule has 1 atom stereocenters. The fourth-order valence-electron chi connectivity index (χ4n) is 2.00. The highest BCUT2D eigenvalue weighted by atomic mass is 16.5. The van der Waals surface area contributed by atoms with Crippen LogP contribution in [0.15, 0.2) is 0 Å². The molecule has 0 aromatic carbocycles. The monoisotopic (exact) mass is 212 g/mol. The normalized spacial score (nSPS) is 20.3. The van der Waals surface area contributed by atoms with Crippen molar-refractivity contribution in [2.24, 2.45) is 11.3 Å². The molecule has 0 radical (unpaired) electrons. The van der Waals surface area contributed by atoms with E-state index < -0.39 is 0 Å². The van der Waals surface area contributed by atoms with Crippen molar-refractivity contribution in [2.45, 2.75) is 65.9 Å². The van der Waals surface area contributed by atoms with Crippen LogP contribution in [0.25, 0.3) is 0 Å². The van der Waals surface area contributed by atoms with Crippen LogP contribution in [0.4, 0.5) is 0 Å². The first-order valence-corrected chi connectivity index (χ1v) is 6.18. The minimum absolute atomic E-state index is 0.0376. The molecule has 0 heterocycles. The predicted octanol–water partition coefficient (Wildman–Crippen LogP) is 3.54. The van der Waals surface area contributed by atoms with E-state index in [1.807, 2.05) is 27.7 Å². The minimum atomic E-state index is -0.327. The van der Waals surface area contributed by atoms with Gasteiger partial charge in [0.1, 0.15) is 6.10 Å². The molecular formula is C13H24O2. The van der Waals surface area contributed by atoms with Crippen molar-refractivity contribution in [2.75, 3.05) is 0 Å². The molecule has 0 aliphatic heterocycles. The van der Waals surface area contributed by atoms with Gasteiger partial charge in [-0.05, 0) is 46.0 Å². The quantitative estimate of drug-likeness (QED) is 0.666. The maximum atomic E-state index is 11.8. The number of hydrogen-bond acceptors (Lipinski definition) is 2. The van der Waals surface area contributed by atoms with Gasteiger partial charge in [0.25, 0.3) is 0 Å². The molecule has 0 aromatic heterocycles. The summed E-state index contributed by atoms with van der Waals surface area (Å²) in [5.41, 5.74) is -0.327. The molecule has 1 unspecified atom stereocenters. The SMILES string of the molecule is CCC(C)(C)C(=O)OC(C)C1CCCC1. The van der Waals surface area contributed by atoms with E-state index in [1.165, 1.54) is 25.7 Å². The summed E-state index contributed by atoms with van der Waals surface area (Å²) in [6.45, 7) is 7.98. The van der Waals surface area contributed by atoms with Crippen molar-refractivity contribution >= 4 is 5.97 Å². The van der Waals surface area contributed by atoms with Crippen LogP contribution in [0.2, 0.25) is 0 Å². The Morgan fingerprint density at radius 3 is 2.40 bits per heavy atom. The predicted molar refractivity (Wildman–Crippen MR) is 61.6 cm³/mol. The topological polar surface area (TPSA) is 26.3 Å². The zero-order chi connectivity index (χ0) is 11.5. The Morgan fingerprint density at radius 2 is 1.93 bits per heavy atom. The van der Waals surface area contributed by atoms with E-state index in [9.17, 15) is 4.79 Å². The molecule has 2 nitrogen and oxygen atoms in total. The van der Waals surface area contributed by atoms with E-state index in [4.69, 9.17) is 4.74 Å². The van der Waals surface area contributed by atoms with Crippen LogP contribution in [0.3, 0.4) is 0 Å². The van der Waals surface area contributed by atoms with Crippen LogP contribution < -0.4 is 0 Å². The number of carbonyl (C=O) groups is 1. The van der Waals surface area contributed by atoms with Gasteiger partial charge in [-0.25, -0.2) is 0 Å². The van der Waals surface area contributed by atoms with Crippen LogP contribution in [0.1, 0.15) is 59.8 Å². The van der Waals surface area contributed by atoms with E-state index >= 15 is 0 Å². The standard InChI is InChI=1S/C13H24O2/c1-5-13(3,4)12(14)15-10(2)11-8-6-7-9-11/h10-11H,5-9H2,1-4H3. The Kier molecular flexibility index (Phi) is 4.18. The fourth-order valence-corrected chi connectivity index (χ4v) is 2.00. The summed E-state index contributed by atoms with van der Waals surface area (Å²) in [7, 11) is 0. The Bertz CT molecular complexity index is 215. The highest BCUT2D eigenvalue weighted by Crippen LogP contribution is 2.31. The van der Waals surface area contributed by atoms with Gasteiger partial charge in [-0.3, -0.25) is 4.79 Å². The highest BCUT2D eigenvalue weighted by molar-refractivity contribution is 5.75. The van der Waals surface area contributed by atoms with Crippen molar-refractivity contribution in [3.63, 3.8) is 0 Å². The number of esters is 1. The van der Waals surface area contributed by atoms with E-state index in [2.05, 4.69) is 0 Å². The molecule has 1 rings (SSSR count). The molecule has 1 fully saturated rings.